The van der Waals surface area contributed by atoms with Crippen LogP contribution in [0.15, 0.2) is 42.5 Å². The second-order valence-corrected chi connectivity index (χ2v) is 10.6. The standard InChI is InChI=1S/C28H36N2O2/c1-4-19-5-7-20(8-6-19)22-9-10-24-23(17-22)11-14-28(2,3)26(24)29-27(31)32-25-18-30-15-12-21(25)13-16-30/h5-10,17,21,25-26H,4,11-16,18H2,1-3H3,(H,29,31)/t25-,26+/m1/s1. The van der Waals surface area contributed by atoms with Gasteiger partial charge in [0.1, 0.15) is 6.10 Å². The molecule has 6 rings (SSSR count). The zero-order valence-electron chi connectivity index (χ0n) is 19.7. The zero-order valence-corrected chi connectivity index (χ0v) is 19.7. The normalized spacial score (nSPS) is 28.1. The van der Waals surface area contributed by atoms with Crippen LogP contribution < -0.4 is 5.32 Å². The van der Waals surface area contributed by atoms with Gasteiger partial charge in [0.15, 0.2) is 0 Å². The third-order valence-electron chi connectivity index (χ3n) is 8.09. The third kappa shape index (κ3) is 4.17. The molecule has 2 bridgehead atoms. The molecule has 3 fully saturated rings. The number of rotatable bonds is 4. The van der Waals surface area contributed by atoms with Gasteiger partial charge in [-0.1, -0.05) is 63.2 Å². The SMILES string of the molecule is CCc1ccc(-c2ccc3c(c2)CCC(C)(C)[C@H]3NC(=O)O[C@@H]2CN3CCC2CC3)cc1. The molecule has 1 N–H and O–H groups in total. The van der Waals surface area contributed by atoms with Crippen LogP contribution >= 0.6 is 0 Å². The summed E-state index contributed by atoms with van der Waals surface area (Å²) in [6.45, 7) is 9.89. The van der Waals surface area contributed by atoms with Crippen molar-refractivity contribution < 1.29 is 9.53 Å². The molecule has 0 spiro atoms. The molecule has 0 saturated carbocycles. The molecule has 4 heteroatoms. The summed E-state index contributed by atoms with van der Waals surface area (Å²) in [7, 11) is 0. The van der Waals surface area contributed by atoms with E-state index in [0.717, 1.165) is 51.7 Å². The summed E-state index contributed by atoms with van der Waals surface area (Å²) >= 11 is 0. The smallest absolute Gasteiger partial charge is 0.407 e. The molecular weight excluding hydrogens is 396 g/mol. The predicted octanol–water partition coefficient (Wildman–Crippen LogP) is 5.75. The van der Waals surface area contributed by atoms with Gasteiger partial charge in [-0.15, -0.1) is 0 Å². The van der Waals surface area contributed by atoms with Crippen molar-refractivity contribution in [1.82, 2.24) is 10.2 Å². The van der Waals surface area contributed by atoms with Gasteiger partial charge in [-0.3, -0.25) is 4.90 Å². The highest BCUT2D eigenvalue weighted by Crippen LogP contribution is 2.44. The Hall–Kier alpha value is -2.33. The lowest BCUT2D eigenvalue weighted by Gasteiger charge is -2.44. The van der Waals surface area contributed by atoms with Gasteiger partial charge in [0.25, 0.3) is 0 Å². The highest BCUT2D eigenvalue weighted by atomic mass is 16.6. The molecule has 2 aromatic carbocycles. The van der Waals surface area contributed by atoms with Crippen molar-refractivity contribution >= 4 is 6.09 Å². The van der Waals surface area contributed by atoms with E-state index in [1.165, 1.54) is 27.8 Å². The highest BCUT2D eigenvalue weighted by Gasteiger charge is 2.40. The molecule has 0 aromatic heterocycles. The van der Waals surface area contributed by atoms with Crippen LogP contribution in [0.1, 0.15) is 62.8 Å². The first-order valence-electron chi connectivity index (χ1n) is 12.3. The van der Waals surface area contributed by atoms with E-state index < -0.39 is 0 Å². The molecule has 32 heavy (non-hydrogen) atoms. The number of alkyl carbamates (subject to hydrolysis) is 1. The minimum absolute atomic E-state index is 0.00855. The van der Waals surface area contributed by atoms with Crippen molar-refractivity contribution in [2.45, 2.75) is 65.0 Å². The molecule has 4 aliphatic rings. The maximum absolute atomic E-state index is 13.0. The number of hydrogen-bond acceptors (Lipinski definition) is 3. The van der Waals surface area contributed by atoms with Gasteiger partial charge in [0.05, 0.1) is 6.04 Å². The molecule has 1 aliphatic carbocycles. The third-order valence-corrected chi connectivity index (χ3v) is 8.09. The van der Waals surface area contributed by atoms with E-state index in [1.54, 1.807) is 0 Å². The highest BCUT2D eigenvalue weighted by molar-refractivity contribution is 5.70. The van der Waals surface area contributed by atoms with Gasteiger partial charge in [-0.2, -0.15) is 0 Å². The molecular formula is C28H36N2O2. The second kappa shape index (κ2) is 8.55. The monoisotopic (exact) mass is 432 g/mol. The molecule has 2 aromatic rings. The van der Waals surface area contributed by atoms with E-state index in [9.17, 15) is 4.79 Å². The number of piperidine rings is 3. The Labute approximate surface area is 192 Å². The summed E-state index contributed by atoms with van der Waals surface area (Å²) in [5.74, 6) is 0.527. The molecule has 3 saturated heterocycles. The van der Waals surface area contributed by atoms with Crippen LogP contribution in [0.4, 0.5) is 4.79 Å². The first-order chi connectivity index (χ1) is 15.4. The second-order valence-electron chi connectivity index (χ2n) is 10.6. The number of aryl methyl sites for hydroxylation is 2. The topological polar surface area (TPSA) is 41.6 Å². The van der Waals surface area contributed by atoms with E-state index >= 15 is 0 Å². The number of nitrogens with one attached hydrogen (secondary N) is 1. The Morgan fingerprint density at radius 1 is 1.09 bits per heavy atom. The fourth-order valence-corrected chi connectivity index (χ4v) is 5.85. The minimum atomic E-state index is -0.256. The van der Waals surface area contributed by atoms with Crippen molar-refractivity contribution in [2.24, 2.45) is 11.3 Å². The average Bonchev–Trinajstić information content (AvgIpc) is 2.81. The van der Waals surface area contributed by atoms with Gasteiger partial charge in [0, 0.05) is 6.54 Å². The first kappa shape index (κ1) is 21.5. The number of amides is 1. The maximum atomic E-state index is 13.0. The zero-order chi connectivity index (χ0) is 22.3. The van der Waals surface area contributed by atoms with Gasteiger partial charge in [-0.25, -0.2) is 4.79 Å². The van der Waals surface area contributed by atoms with E-state index in [4.69, 9.17) is 4.74 Å². The number of nitrogens with zero attached hydrogens (tertiary/aromatic N) is 1. The number of carbonyl (C=O) groups is 1. The van der Waals surface area contributed by atoms with Gasteiger partial charge in [0.2, 0.25) is 0 Å². The molecule has 0 radical (unpaired) electrons. The Morgan fingerprint density at radius 3 is 2.47 bits per heavy atom. The van der Waals surface area contributed by atoms with Crippen LogP contribution in [0.5, 0.6) is 0 Å². The lowest BCUT2D eigenvalue weighted by atomic mass is 9.70. The quantitative estimate of drug-likeness (QED) is 0.669. The van der Waals surface area contributed by atoms with Crippen molar-refractivity contribution in [3.63, 3.8) is 0 Å². The Bertz CT molecular complexity index is 973. The van der Waals surface area contributed by atoms with E-state index in [-0.39, 0.29) is 23.7 Å². The number of fused-ring (bicyclic) bond motifs is 4. The van der Waals surface area contributed by atoms with Crippen LogP contribution in [0, 0.1) is 11.3 Å². The van der Waals surface area contributed by atoms with Gasteiger partial charge >= 0.3 is 6.09 Å². The summed E-state index contributed by atoms with van der Waals surface area (Å²) in [6, 6.07) is 15.6. The fraction of sp³-hybridized carbons (Fsp3) is 0.536. The molecule has 170 valence electrons. The van der Waals surface area contributed by atoms with Crippen molar-refractivity contribution in [2.75, 3.05) is 19.6 Å². The van der Waals surface area contributed by atoms with Crippen molar-refractivity contribution in [1.29, 1.82) is 0 Å². The van der Waals surface area contributed by atoms with Crippen LogP contribution in [0.25, 0.3) is 11.1 Å². The summed E-state index contributed by atoms with van der Waals surface area (Å²) in [5.41, 5.74) is 6.43. The summed E-state index contributed by atoms with van der Waals surface area (Å²) < 4.78 is 5.96. The van der Waals surface area contributed by atoms with Crippen LogP contribution in [0.3, 0.4) is 0 Å². The van der Waals surface area contributed by atoms with Gasteiger partial charge in [-0.05, 0) is 84.3 Å². The van der Waals surface area contributed by atoms with Gasteiger partial charge < -0.3 is 10.1 Å². The van der Waals surface area contributed by atoms with Crippen LogP contribution in [-0.4, -0.2) is 36.7 Å². The van der Waals surface area contributed by atoms with E-state index in [0.29, 0.717) is 5.92 Å². The minimum Gasteiger partial charge on any atom is -0.445 e. The molecule has 2 atom stereocenters. The van der Waals surface area contributed by atoms with Crippen LogP contribution in [-0.2, 0) is 17.6 Å². The molecule has 1 amide bonds. The molecule has 3 heterocycles. The molecule has 3 aliphatic heterocycles. The number of carbonyl (C=O) groups excluding carboxylic acids is 1. The number of hydrogen-bond donors (Lipinski definition) is 1. The molecule has 0 unspecified atom stereocenters. The number of ether oxygens (including phenoxy) is 1. The lowest BCUT2D eigenvalue weighted by Crippen LogP contribution is -2.53. The predicted molar refractivity (Wildman–Crippen MR) is 129 cm³/mol. The fourth-order valence-electron chi connectivity index (χ4n) is 5.85. The number of benzene rings is 2. The Kier molecular flexibility index (Phi) is 5.75. The lowest BCUT2D eigenvalue weighted by molar-refractivity contribution is -0.0353. The van der Waals surface area contributed by atoms with Crippen molar-refractivity contribution in [3.8, 4) is 11.1 Å². The summed E-state index contributed by atoms with van der Waals surface area (Å²) in [5, 5.41) is 3.27. The Morgan fingerprint density at radius 2 is 1.81 bits per heavy atom. The van der Waals surface area contributed by atoms with E-state index in [1.807, 2.05) is 0 Å². The van der Waals surface area contributed by atoms with Crippen molar-refractivity contribution in [3.05, 3.63) is 59.2 Å². The average molecular weight is 433 g/mol. The summed E-state index contributed by atoms with van der Waals surface area (Å²) in [6.07, 6.45) is 5.23. The van der Waals surface area contributed by atoms with E-state index in [2.05, 4.69) is 73.5 Å². The Balaban J connectivity index is 1.34. The largest absolute Gasteiger partial charge is 0.445 e. The maximum Gasteiger partial charge on any atom is 0.407 e. The van der Waals surface area contributed by atoms with Crippen LogP contribution in [0.2, 0.25) is 0 Å². The first-order valence-corrected chi connectivity index (χ1v) is 12.3. The molecule has 4 nitrogen and oxygen atoms in total. The summed E-state index contributed by atoms with van der Waals surface area (Å²) in [4.78, 5) is 15.4.